The van der Waals surface area contributed by atoms with Crippen LogP contribution in [0.3, 0.4) is 0 Å². The van der Waals surface area contributed by atoms with Gasteiger partial charge >= 0.3 is 0 Å². The van der Waals surface area contributed by atoms with Crippen molar-refractivity contribution >= 4 is 27.5 Å². The van der Waals surface area contributed by atoms with Crippen LogP contribution in [-0.2, 0) is 26.2 Å². The highest BCUT2D eigenvalue weighted by Gasteiger charge is 2.34. The highest BCUT2D eigenvalue weighted by atomic mass is 32.2. The van der Waals surface area contributed by atoms with Crippen molar-refractivity contribution in [2.45, 2.75) is 44.7 Å². The Morgan fingerprint density at radius 3 is 2.05 bits per heavy atom. The first-order chi connectivity index (χ1) is 19.6. The normalized spacial score (nSPS) is 12.0. The fourth-order valence-electron chi connectivity index (χ4n) is 4.35. The van der Waals surface area contributed by atoms with Gasteiger partial charge in [-0.2, -0.15) is 0 Å². The van der Waals surface area contributed by atoms with Gasteiger partial charge in [-0.15, -0.1) is 0 Å². The van der Waals surface area contributed by atoms with E-state index in [1.165, 1.54) is 37.3 Å². The van der Waals surface area contributed by atoms with Gasteiger partial charge in [-0.1, -0.05) is 69.3 Å². The largest absolute Gasteiger partial charge is 0.493 e. The van der Waals surface area contributed by atoms with E-state index in [0.717, 1.165) is 9.87 Å². The van der Waals surface area contributed by atoms with Crippen molar-refractivity contribution in [3.63, 3.8) is 0 Å². The molecule has 3 aromatic carbocycles. The lowest BCUT2D eigenvalue weighted by molar-refractivity contribution is -0.140. The average molecular weight is 582 g/mol. The zero-order valence-electron chi connectivity index (χ0n) is 24.2. The molecule has 0 aliphatic carbocycles. The molecule has 0 bridgehead atoms. The van der Waals surface area contributed by atoms with Gasteiger partial charge in [0.25, 0.3) is 10.0 Å². The molecule has 3 aromatic rings. The summed E-state index contributed by atoms with van der Waals surface area (Å²) >= 11 is 0. The van der Waals surface area contributed by atoms with Gasteiger partial charge in [-0.3, -0.25) is 13.9 Å². The van der Waals surface area contributed by atoms with Crippen LogP contribution in [0.5, 0.6) is 11.5 Å². The smallest absolute Gasteiger partial charge is 0.264 e. The number of sulfonamides is 1. The topological polar surface area (TPSA) is 105 Å². The maximum atomic E-state index is 14.1. The number of carbonyl (C=O) groups excluding carboxylic acids is 2. The first-order valence-corrected chi connectivity index (χ1v) is 15.0. The lowest BCUT2D eigenvalue weighted by atomic mass is 10.1. The number of methoxy groups -OCH3 is 2. The minimum Gasteiger partial charge on any atom is -0.493 e. The second kappa shape index (κ2) is 14.5. The summed E-state index contributed by atoms with van der Waals surface area (Å²) in [6.45, 7) is 5.91. The number of carbonyl (C=O) groups is 2. The molecule has 0 aliphatic heterocycles. The van der Waals surface area contributed by atoms with Crippen LogP contribution in [0.1, 0.15) is 32.8 Å². The van der Waals surface area contributed by atoms with Crippen LogP contribution in [0.4, 0.5) is 5.69 Å². The van der Waals surface area contributed by atoms with E-state index in [-0.39, 0.29) is 29.0 Å². The third-order valence-electron chi connectivity index (χ3n) is 6.53. The van der Waals surface area contributed by atoms with Crippen LogP contribution in [0, 0.1) is 5.92 Å². The standard InChI is InChI=1S/C31H39N3O6S/c1-6-27(31(36)32-20-23(2)3)33(21-24-13-9-7-10-14-24)30(35)22-34(25-15-11-8-12-16-25)41(37,38)26-17-18-28(39-4)29(19-26)40-5/h7-19,23,27H,6,20-22H2,1-5H3,(H,32,36)/t27-/m1/s1. The summed E-state index contributed by atoms with van der Waals surface area (Å²) < 4.78 is 39.8. The SMILES string of the molecule is CC[C@H](C(=O)NCC(C)C)N(Cc1ccccc1)C(=O)CN(c1ccccc1)S(=O)(=O)c1ccc(OC)c(OC)c1. The van der Waals surface area contributed by atoms with Crippen molar-refractivity contribution in [2.75, 3.05) is 31.6 Å². The Morgan fingerprint density at radius 1 is 0.878 bits per heavy atom. The van der Waals surface area contributed by atoms with Gasteiger partial charge in [0, 0.05) is 19.2 Å². The zero-order chi connectivity index (χ0) is 30.0. The highest BCUT2D eigenvalue weighted by molar-refractivity contribution is 7.92. The number of amides is 2. The van der Waals surface area contributed by atoms with Crippen LogP contribution in [0.25, 0.3) is 0 Å². The molecule has 0 aromatic heterocycles. The fraction of sp³-hybridized carbons (Fsp3) is 0.355. The molecule has 41 heavy (non-hydrogen) atoms. The first kappa shape index (κ1) is 31.5. The third-order valence-corrected chi connectivity index (χ3v) is 8.30. The number of anilines is 1. The van der Waals surface area contributed by atoms with Crippen molar-refractivity contribution in [1.82, 2.24) is 10.2 Å². The van der Waals surface area contributed by atoms with E-state index in [4.69, 9.17) is 9.47 Å². The van der Waals surface area contributed by atoms with Crippen LogP contribution < -0.4 is 19.1 Å². The van der Waals surface area contributed by atoms with E-state index in [9.17, 15) is 18.0 Å². The molecule has 1 atom stereocenters. The maximum Gasteiger partial charge on any atom is 0.264 e. The lowest BCUT2D eigenvalue weighted by Gasteiger charge is -2.33. The molecule has 0 saturated carbocycles. The molecule has 0 heterocycles. The molecular weight excluding hydrogens is 542 g/mol. The predicted octanol–water partition coefficient (Wildman–Crippen LogP) is 4.48. The van der Waals surface area contributed by atoms with Crippen LogP contribution in [0.15, 0.2) is 83.8 Å². The minimum absolute atomic E-state index is 0.0665. The fourth-order valence-corrected chi connectivity index (χ4v) is 5.78. The van der Waals surface area contributed by atoms with E-state index in [2.05, 4.69) is 5.32 Å². The van der Waals surface area contributed by atoms with Crippen molar-refractivity contribution in [3.05, 3.63) is 84.4 Å². The Balaban J connectivity index is 2.04. The number of rotatable bonds is 14. The number of benzene rings is 3. The van der Waals surface area contributed by atoms with Crippen molar-refractivity contribution in [2.24, 2.45) is 5.92 Å². The Bertz CT molecular complexity index is 1400. The Labute approximate surface area is 243 Å². The molecular formula is C31H39N3O6S. The minimum atomic E-state index is -4.24. The number of hydrogen-bond donors (Lipinski definition) is 1. The van der Waals surface area contributed by atoms with Crippen LogP contribution in [-0.4, -0.2) is 58.5 Å². The number of ether oxygens (including phenoxy) is 2. The molecule has 0 spiro atoms. The third kappa shape index (κ3) is 8.00. The molecule has 0 saturated heterocycles. The van der Waals surface area contributed by atoms with Gasteiger partial charge in [0.05, 0.1) is 24.8 Å². The van der Waals surface area contributed by atoms with Gasteiger partial charge in [-0.25, -0.2) is 8.42 Å². The van der Waals surface area contributed by atoms with E-state index in [1.807, 2.05) is 51.1 Å². The summed E-state index contributed by atoms with van der Waals surface area (Å²) in [5.41, 5.74) is 1.14. The van der Waals surface area contributed by atoms with E-state index in [1.54, 1.807) is 30.3 Å². The highest BCUT2D eigenvalue weighted by Crippen LogP contribution is 2.32. The second-order valence-corrected chi connectivity index (χ2v) is 11.8. The summed E-state index contributed by atoms with van der Waals surface area (Å²) in [4.78, 5) is 28.7. The van der Waals surface area contributed by atoms with Gasteiger partial charge < -0.3 is 19.7 Å². The number of nitrogens with zero attached hydrogens (tertiary/aromatic N) is 2. The monoisotopic (exact) mass is 581 g/mol. The quantitative estimate of drug-likeness (QED) is 0.301. The first-order valence-electron chi connectivity index (χ1n) is 13.5. The predicted molar refractivity (Wildman–Crippen MR) is 159 cm³/mol. The van der Waals surface area contributed by atoms with Gasteiger partial charge in [0.2, 0.25) is 11.8 Å². The Hall–Kier alpha value is -4.05. The van der Waals surface area contributed by atoms with Gasteiger partial charge in [-0.05, 0) is 42.2 Å². The number of para-hydroxylation sites is 1. The van der Waals surface area contributed by atoms with Crippen LogP contribution in [0.2, 0.25) is 0 Å². The molecule has 0 radical (unpaired) electrons. The van der Waals surface area contributed by atoms with Crippen molar-refractivity contribution in [1.29, 1.82) is 0 Å². The van der Waals surface area contributed by atoms with Gasteiger partial charge in [0.1, 0.15) is 12.6 Å². The Morgan fingerprint density at radius 2 is 1.49 bits per heavy atom. The molecule has 0 unspecified atom stereocenters. The van der Waals surface area contributed by atoms with E-state index < -0.39 is 28.5 Å². The zero-order valence-corrected chi connectivity index (χ0v) is 25.1. The average Bonchev–Trinajstić information content (AvgIpc) is 2.98. The van der Waals surface area contributed by atoms with Crippen molar-refractivity contribution in [3.8, 4) is 11.5 Å². The summed E-state index contributed by atoms with van der Waals surface area (Å²) in [6, 6.07) is 21.2. The van der Waals surface area contributed by atoms with Crippen molar-refractivity contribution < 1.29 is 27.5 Å². The lowest BCUT2D eigenvalue weighted by Crippen LogP contribution is -2.52. The molecule has 0 fully saturated rings. The van der Waals surface area contributed by atoms with E-state index >= 15 is 0 Å². The molecule has 0 aliphatic rings. The Kier molecular flexibility index (Phi) is 11.2. The van der Waals surface area contributed by atoms with Gasteiger partial charge in [0.15, 0.2) is 11.5 Å². The number of nitrogens with one attached hydrogen (secondary N) is 1. The van der Waals surface area contributed by atoms with E-state index in [0.29, 0.717) is 24.4 Å². The molecule has 10 heteroatoms. The number of hydrogen-bond acceptors (Lipinski definition) is 6. The maximum absolute atomic E-state index is 14.1. The summed E-state index contributed by atoms with van der Waals surface area (Å²) in [5, 5.41) is 2.93. The molecule has 3 rings (SSSR count). The molecule has 9 nitrogen and oxygen atoms in total. The molecule has 2 amide bonds. The molecule has 220 valence electrons. The van der Waals surface area contributed by atoms with Crippen LogP contribution >= 0.6 is 0 Å². The summed E-state index contributed by atoms with van der Waals surface area (Å²) in [7, 11) is -1.36. The molecule has 1 N–H and O–H groups in total. The summed E-state index contributed by atoms with van der Waals surface area (Å²) in [5.74, 6) is 0.0650. The second-order valence-electron chi connectivity index (χ2n) is 9.93. The summed E-state index contributed by atoms with van der Waals surface area (Å²) in [6.07, 6.45) is 0.357.